The number of nitrogens with zero attached hydrogens (tertiary/aromatic N) is 1. The van der Waals surface area contributed by atoms with Gasteiger partial charge in [-0.05, 0) is 24.1 Å². The summed E-state index contributed by atoms with van der Waals surface area (Å²) < 4.78 is 0. The molecule has 16 heavy (non-hydrogen) atoms. The molecule has 2 rings (SSSR count). The van der Waals surface area contributed by atoms with Gasteiger partial charge in [0.15, 0.2) is 0 Å². The summed E-state index contributed by atoms with van der Waals surface area (Å²) in [5.41, 5.74) is 2.34. The van der Waals surface area contributed by atoms with Gasteiger partial charge in [-0.1, -0.05) is 18.1 Å². The molecule has 84 valence electrons. The van der Waals surface area contributed by atoms with Gasteiger partial charge in [0, 0.05) is 38.3 Å². The topological polar surface area (TPSA) is 15.3 Å². The van der Waals surface area contributed by atoms with Crippen LogP contribution in [0.3, 0.4) is 0 Å². The normalized spacial score (nSPS) is 16.9. The van der Waals surface area contributed by atoms with Gasteiger partial charge in [0.1, 0.15) is 0 Å². The third-order valence-electron chi connectivity index (χ3n) is 3.05. The molecule has 1 aliphatic heterocycles. The van der Waals surface area contributed by atoms with Crippen LogP contribution in [0.2, 0.25) is 0 Å². The van der Waals surface area contributed by atoms with Crippen molar-refractivity contribution >= 4 is 0 Å². The number of terminal acetylenes is 1. The second-order valence-electron chi connectivity index (χ2n) is 4.18. The van der Waals surface area contributed by atoms with Crippen molar-refractivity contribution < 1.29 is 0 Å². The first-order chi connectivity index (χ1) is 7.88. The molecule has 1 saturated heterocycles. The summed E-state index contributed by atoms with van der Waals surface area (Å²) in [4.78, 5) is 2.51. The van der Waals surface area contributed by atoms with E-state index in [0.717, 1.165) is 31.6 Å². The molecule has 0 bridgehead atoms. The molecular weight excluding hydrogens is 196 g/mol. The Bertz CT molecular complexity index is 355. The molecule has 2 heteroatoms. The Morgan fingerprint density at radius 3 is 2.50 bits per heavy atom. The summed E-state index contributed by atoms with van der Waals surface area (Å²) in [6.07, 6.45) is 6.44. The average Bonchev–Trinajstić information content (AvgIpc) is 2.38. The molecule has 0 unspecified atom stereocenters. The molecule has 0 atom stereocenters. The molecule has 1 fully saturated rings. The monoisotopic (exact) mass is 214 g/mol. The zero-order valence-corrected chi connectivity index (χ0v) is 9.58. The molecule has 1 aromatic rings. The Morgan fingerprint density at radius 1 is 1.19 bits per heavy atom. The number of piperazine rings is 1. The summed E-state index contributed by atoms with van der Waals surface area (Å²) in [5.74, 6) is 2.64. The largest absolute Gasteiger partial charge is 0.314 e. The molecule has 2 nitrogen and oxygen atoms in total. The fourth-order valence-electron chi connectivity index (χ4n) is 1.99. The second-order valence-corrected chi connectivity index (χ2v) is 4.18. The smallest absolute Gasteiger partial charge is 0.0242 e. The molecule has 0 saturated carbocycles. The first kappa shape index (κ1) is 11.2. The van der Waals surface area contributed by atoms with E-state index in [1.165, 1.54) is 18.7 Å². The van der Waals surface area contributed by atoms with Gasteiger partial charge in [0.05, 0.1) is 0 Å². The van der Waals surface area contributed by atoms with Gasteiger partial charge in [0.25, 0.3) is 0 Å². The summed E-state index contributed by atoms with van der Waals surface area (Å²) in [6, 6.07) is 8.31. The van der Waals surface area contributed by atoms with Crippen LogP contribution in [0.4, 0.5) is 0 Å². The maximum Gasteiger partial charge on any atom is 0.0242 e. The standard InChI is InChI=1S/C14H18N2/c1-2-13-3-5-14(6-4-13)7-10-16-11-8-15-9-12-16/h1,3-6,15H,7-12H2. The van der Waals surface area contributed by atoms with Crippen LogP contribution >= 0.6 is 0 Å². The quantitative estimate of drug-likeness (QED) is 0.758. The fourth-order valence-corrected chi connectivity index (χ4v) is 1.99. The highest BCUT2D eigenvalue weighted by atomic mass is 15.2. The van der Waals surface area contributed by atoms with Crippen molar-refractivity contribution in [1.29, 1.82) is 0 Å². The van der Waals surface area contributed by atoms with Gasteiger partial charge in [-0.3, -0.25) is 0 Å². The summed E-state index contributed by atoms with van der Waals surface area (Å²) in [6.45, 7) is 5.73. The highest BCUT2D eigenvalue weighted by Gasteiger charge is 2.08. The summed E-state index contributed by atoms with van der Waals surface area (Å²) >= 11 is 0. The predicted molar refractivity (Wildman–Crippen MR) is 67.4 cm³/mol. The van der Waals surface area contributed by atoms with Crippen molar-refractivity contribution in [3.05, 3.63) is 35.4 Å². The predicted octanol–water partition coefficient (Wildman–Crippen LogP) is 1.12. The van der Waals surface area contributed by atoms with Gasteiger partial charge >= 0.3 is 0 Å². The van der Waals surface area contributed by atoms with Crippen LogP contribution in [0.1, 0.15) is 11.1 Å². The maximum atomic E-state index is 5.33. The van der Waals surface area contributed by atoms with Crippen LogP contribution in [-0.4, -0.2) is 37.6 Å². The molecule has 0 radical (unpaired) electrons. The van der Waals surface area contributed by atoms with Crippen molar-refractivity contribution in [1.82, 2.24) is 10.2 Å². The minimum atomic E-state index is 0.964. The van der Waals surface area contributed by atoms with Gasteiger partial charge in [-0.2, -0.15) is 0 Å². The number of benzene rings is 1. The Balaban J connectivity index is 1.82. The van der Waals surface area contributed by atoms with Crippen LogP contribution in [-0.2, 0) is 6.42 Å². The van der Waals surface area contributed by atoms with E-state index in [4.69, 9.17) is 6.42 Å². The molecule has 0 aliphatic carbocycles. The lowest BCUT2D eigenvalue weighted by atomic mass is 10.1. The Labute approximate surface area is 97.7 Å². The molecule has 0 spiro atoms. The molecule has 1 aliphatic rings. The van der Waals surface area contributed by atoms with Crippen LogP contribution < -0.4 is 5.32 Å². The maximum absolute atomic E-state index is 5.33. The van der Waals surface area contributed by atoms with Gasteiger partial charge in [-0.15, -0.1) is 6.42 Å². The lowest BCUT2D eigenvalue weighted by Crippen LogP contribution is -2.44. The van der Waals surface area contributed by atoms with E-state index in [1.54, 1.807) is 0 Å². The zero-order chi connectivity index (χ0) is 11.2. The molecular formula is C14H18N2. The Kier molecular flexibility index (Phi) is 3.98. The summed E-state index contributed by atoms with van der Waals surface area (Å²) in [5, 5.41) is 3.36. The van der Waals surface area contributed by atoms with Crippen molar-refractivity contribution in [2.75, 3.05) is 32.7 Å². The highest BCUT2D eigenvalue weighted by Crippen LogP contribution is 2.05. The number of hydrogen-bond acceptors (Lipinski definition) is 2. The first-order valence-corrected chi connectivity index (χ1v) is 5.87. The van der Waals surface area contributed by atoms with Gasteiger partial charge in [0.2, 0.25) is 0 Å². The van der Waals surface area contributed by atoms with Crippen LogP contribution in [0, 0.1) is 12.3 Å². The Hall–Kier alpha value is -1.30. The van der Waals surface area contributed by atoms with Crippen LogP contribution in [0.25, 0.3) is 0 Å². The van der Waals surface area contributed by atoms with E-state index in [1.807, 2.05) is 12.1 Å². The lowest BCUT2D eigenvalue weighted by Gasteiger charge is -2.27. The number of rotatable bonds is 3. The van der Waals surface area contributed by atoms with Crippen molar-refractivity contribution in [2.45, 2.75) is 6.42 Å². The Morgan fingerprint density at radius 2 is 1.88 bits per heavy atom. The number of hydrogen-bond donors (Lipinski definition) is 1. The fraction of sp³-hybridized carbons (Fsp3) is 0.429. The van der Waals surface area contributed by atoms with Crippen LogP contribution in [0.5, 0.6) is 0 Å². The molecule has 0 aromatic heterocycles. The molecule has 0 amide bonds. The van der Waals surface area contributed by atoms with Gasteiger partial charge < -0.3 is 10.2 Å². The molecule has 1 aromatic carbocycles. The summed E-state index contributed by atoms with van der Waals surface area (Å²) in [7, 11) is 0. The van der Waals surface area contributed by atoms with E-state index >= 15 is 0 Å². The van der Waals surface area contributed by atoms with E-state index in [0.29, 0.717) is 0 Å². The van der Waals surface area contributed by atoms with Gasteiger partial charge in [-0.25, -0.2) is 0 Å². The molecule has 1 N–H and O–H groups in total. The van der Waals surface area contributed by atoms with Crippen LogP contribution in [0.15, 0.2) is 24.3 Å². The third kappa shape index (κ3) is 3.10. The van der Waals surface area contributed by atoms with E-state index in [2.05, 4.69) is 28.3 Å². The molecule has 1 heterocycles. The highest BCUT2D eigenvalue weighted by molar-refractivity contribution is 5.34. The average molecular weight is 214 g/mol. The second kappa shape index (κ2) is 5.69. The minimum Gasteiger partial charge on any atom is -0.314 e. The lowest BCUT2D eigenvalue weighted by molar-refractivity contribution is 0.244. The van der Waals surface area contributed by atoms with Crippen molar-refractivity contribution in [3.63, 3.8) is 0 Å². The minimum absolute atomic E-state index is 0.964. The number of nitrogens with one attached hydrogen (secondary N) is 1. The SMILES string of the molecule is C#Cc1ccc(CCN2CCNCC2)cc1. The van der Waals surface area contributed by atoms with E-state index in [9.17, 15) is 0 Å². The zero-order valence-electron chi connectivity index (χ0n) is 9.58. The third-order valence-corrected chi connectivity index (χ3v) is 3.05. The van der Waals surface area contributed by atoms with E-state index in [-0.39, 0.29) is 0 Å². The van der Waals surface area contributed by atoms with Crippen molar-refractivity contribution in [3.8, 4) is 12.3 Å². The van der Waals surface area contributed by atoms with Crippen molar-refractivity contribution in [2.24, 2.45) is 0 Å². The first-order valence-electron chi connectivity index (χ1n) is 5.87. The van der Waals surface area contributed by atoms with E-state index < -0.39 is 0 Å².